The Morgan fingerprint density at radius 1 is 1.25 bits per heavy atom. The molecule has 0 bridgehead atoms. The Bertz CT molecular complexity index is 822. The van der Waals surface area contributed by atoms with Crippen molar-refractivity contribution in [3.05, 3.63) is 70.1 Å². The molecule has 0 aliphatic heterocycles. The predicted octanol–water partition coefficient (Wildman–Crippen LogP) is 4.50. The minimum atomic E-state index is -0.387. The second-order valence-corrected chi connectivity index (χ2v) is 5.07. The van der Waals surface area contributed by atoms with Crippen LogP contribution in [0, 0.1) is 12.7 Å². The molecule has 0 radical (unpaired) electrons. The summed E-state index contributed by atoms with van der Waals surface area (Å²) in [7, 11) is 0. The first-order chi connectivity index (χ1) is 9.58. The molecule has 2 aromatic carbocycles. The van der Waals surface area contributed by atoms with E-state index in [1.54, 1.807) is 37.4 Å². The van der Waals surface area contributed by atoms with Crippen LogP contribution in [0.1, 0.15) is 21.5 Å². The number of aromatic amines is 1. The van der Waals surface area contributed by atoms with Crippen LogP contribution in [-0.2, 0) is 0 Å². The van der Waals surface area contributed by atoms with Crippen molar-refractivity contribution >= 4 is 28.3 Å². The van der Waals surface area contributed by atoms with Gasteiger partial charge in [-0.05, 0) is 30.7 Å². The van der Waals surface area contributed by atoms with Gasteiger partial charge in [0.15, 0.2) is 5.78 Å². The molecular weight excluding hydrogens is 277 g/mol. The standard InChI is InChI=1S/C16H11ClFNO/c1-9-5-6-10(7-13(9)18)16(20)11-8-19-14-4-2-3-12(17)15(11)14/h2-8,19H,1H3. The van der Waals surface area contributed by atoms with Gasteiger partial charge in [0.2, 0.25) is 0 Å². The fraction of sp³-hybridized carbons (Fsp3) is 0.0625. The van der Waals surface area contributed by atoms with E-state index in [1.807, 2.05) is 6.07 Å². The monoisotopic (exact) mass is 287 g/mol. The Kier molecular flexibility index (Phi) is 3.07. The predicted molar refractivity (Wildman–Crippen MR) is 77.9 cm³/mol. The Balaban J connectivity index is 2.15. The van der Waals surface area contributed by atoms with E-state index in [9.17, 15) is 9.18 Å². The third kappa shape index (κ3) is 2.00. The number of carbonyl (C=O) groups is 1. The number of carbonyl (C=O) groups excluding carboxylic acids is 1. The third-order valence-corrected chi connectivity index (χ3v) is 3.65. The van der Waals surface area contributed by atoms with E-state index in [0.717, 1.165) is 5.52 Å². The van der Waals surface area contributed by atoms with Crippen molar-refractivity contribution in [2.75, 3.05) is 0 Å². The van der Waals surface area contributed by atoms with Gasteiger partial charge in [-0.25, -0.2) is 4.39 Å². The van der Waals surface area contributed by atoms with Crippen molar-refractivity contribution in [1.29, 1.82) is 0 Å². The lowest BCUT2D eigenvalue weighted by Crippen LogP contribution is -2.01. The summed E-state index contributed by atoms with van der Waals surface area (Å²) in [6.07, 6.45) is 1.61. The number of hydrogen-bond donors (Lipinski definition) is 1. The summed E-state index contributed by atoms with van der Waals surface area (Å²) >= 11 is 6.15. The van der Waals surface area contributed by atoms with Gasteiger partial charge < -0.3 is 4.98 Å². The summed E-state index contributed by atoms with van der Waals surface area (Å²) in [5.41, 5.74) is 2.06. The number of H-pyrrole nitrogens is 1. The molecule has 0 spiro atoms. The zero-order valence-electron chi connectivity index (χ0n) is 10.7. The van der Waals surface area contributed by atoms with Gasteiger partial charge in [-0.1, -0.05) is 29.8 Å². The van der Waals surface area contributed by atoms with Crippen LogP contribution in [0.3, 0.4) is 0 Å². The van der Waals surface area contributed by atoms with E-state index < -0.39 is 0 Å². The molecular formula is C16H11ClFNO. The maximum atomic E-state index is 13.6. The Morgan fingerprint density at radius 3 is 2.80 bits per heavy atom. The van der Waals surface area contributed by atoms with Gasteiger partial charge in [-0.3, -0.25) is 4.79 Å². The van der Waals surface area contributed by atoms with E-state index in [2.05, 4.69) is 4.98 Å². The maximum Gasteiger partial charge on any atom is 0.195 e. The van der Waals surface area contributed by atoms with Crippen molar-refractivity contribution in [3.8, 4) is 0 Å². The van der Waals surface area contributed by atoms with Gasteiger partial charge in [0, 0.05) is 28.2 Å². The summed E-state index contributed by atoms with van der Waals surface area (Å²) in [4.78, 5) is 15.5. The minimum Gasteiger partial charge on any atom is -0.360 e. The molecule has 0 aliphatic rings. The highest BCUT2D eigenvalue weighted by molar-refractivity contribution is 6.37. The molecule has 2 nitrogen and oxygen atoms in total. The minimum absolute atomic E-state index is 0.247. The fourth-order valence-corrected chi connectivity index (χ4v) is 2.49. The number of aromatic nitrogens is 1. The Labute approximate surface area is 120 Å². The number of nitrogens with one attached hydrogen (secondary N) is 1. The number of ketones is 1. The number of rotatable bonds is 2. The Hall–Kier alpha value is -2.13. The molecule has 20 heavy (non-hydrogen) atoms. The highest BCUT2D eigenvalue weighted by atomic mass is 35.5. The van der Waals surface area contributed by atoms with Crippen molar-refractivity contribution < 1.29 is 9.18 Å². The SMILES string of the molecule is Cc1ccc(C(=O)c2c[nH]c3cccc(Cl)c23)cc1F. The van der Waals surface area contributed by atoms with Crippen LogP contribution in [0.2, 0.25) is 5.02 Å². The molecule has 0 amide bonds. The van der Waals surface area contributed by atoms with Gasteiger partial charge in [0.25, 0.3) is 0 Å². The van der Waals surface area contributed by atoms with Crippen LogP contribution in [0.25, 0.3) is 10.9 Å². The zero-order valence-corrected chi connectivity index (χ0v) is 11.5. The van der Waals surface area contributed by atoms with Gasteiger partial charge in [0.1, 0.15) is 5.82 Å². The van der Waals surface area contributed by atoms with E-state index in [0.29, 0.717) is 27.1 Å². The van der Waals surface area contributed by atoms with Crippen LogP contribution in [0.5, 0.6) is 0 Å². The lowest BCUT2D eigenvalue weighted by atomic mass is 10.0. The van der Waals surface area contributed by atoms with Crippen LogP contribution in [0.4, 0.5) is 4.39 Å². The van der Waals surface area contributed by atoms with E-state index in [4.69, 9.17) is 11.6 Å². The van der Waals surface area contributed by atoms with Gasteiger partial charge >= 0.3 is 0 Å². The van der Waals surface area contributed by atoms with E-state index in [1.165, 1.54) is 6.07 Å². The normalized spacial score (nSPS) is 10.9. The lowest BCUT2D eigenvalue weighted by molar-refractivity contribution is 0.104. The van der Waals surface area contributed by atoms with Crippen LogP contribution >= 0.6 is 11.6 Å². The third-order valence-electron chi connectivity index (χ3n) is 3.33. The molecule has 0 unspecified atom stereocenters. The molecule has 1 N–H and O–H groups in total. The van der Waals surface area contributed by atoms with Gasteiger partial charge in [0.05, 0.1) is 5.02 Å². The van der Waals surface area contributed by atoms with Crippen LogP contribution < -0.4 is 0 Å². The lowest BCUT2D eigenvalue weighted by Gasteiger charge is -2.03. The Morgan fingerprint density at radius 2 is 2.05 bits per heavy atom. The number of fused-ring (bicyclic) bond motifs is 1. The average Bonchev–Trinajstić information content (AvgIpc) is 2.86. The molecule has 100 valence electrons. The van der Waals surface area contributed by atoms with Crippen molar-refractivity contribution in [1.82, 2.24) is 4.98 Å². The highest BCUT2D eigenvalue weighted by Gasteiger charge is 2.17. The second-order valence-electron chi connectivity index (χ2n) is 4.66. The van der Waals surface area contributed by atoms with Crippen LogP contribution in [-0.4, -0.2) is 10.8 Å². The molecule has 1 aromatic heterocycles. The smallest absolute Gasteiger partial charge is 0.195 e. The summed E-state index contributed by atoms with van der Waals surface area (Å²) in [6, 6.07) is 9.85. The number of halogens is 2. The van der Waals surface area contributed by atoms with Gasteiger partial charge in [-0.15, -0.1) is 0 Å². The first-order valence-corrected chi connectivity index (χ1v) is 6.52. The number of aryl methyl sites for hydroxylation is 1. The molecule has 0 fully saturated rings. The van der Waals surface area contributed by atoms with E-state index in [-0.39, 0.29) is 11.6 Å². The summed E-state index contributed by atoms with van der Waals surface area (Å²) in [6.45, 7) is 1.66. The maximum absolute atomic E-state index is 13.6. The molecule has 0 saturated heterocycles. The second kappa shape index (κ2) is 4.76. The molecule has 0 aliphatic carbocycles. The average molecular weight is 288 g/mol. The number of hydrogen-bond acceptors (Lipinski definition) is 1. The summed E-state index contributed by atoms with van der Waals surface area (Å²) < 4.78 is 13.6. The topological polar surface area (TPSA) is 32.9 Å². The molecule has 3 aromatic rings. The van der Waals surface area contributed by atoms with E-state index >= 15 is 0 Å². The summed E-state index contributed by atoms with van der Waals surface area (Å²) in [5, 5.41) is 1.17. The quantitative estimate of drug-likeness (QED) is 0.692. The van der Waals surface area contributed by atoms with Crippen LogP contribution in [0.15, 0.2) is 42.6 Å². The molecule has 1 heterocycles. The molecule has 0 atom stereocenters. The van der Waals surface area contributed by atoms with Gasteiger partial charge in [-0.2, -0.15) is 0 Å². The molecule has 0 saturated carbocycles. The first kappa shape index (κ1) is 12.9. The molecule has 3 rings (SSSR count). The van der Waals surface area contributed by atoms with Crippen molar-refractivity contribution in [2.24, 2.45) is 0 Å². The van der Waals surface area contributed by atoms with Crippen molar-refractivity contribution in [2.45, 2.75) is 6.92 Å². The summed E-state index contributed by atoms with van der Waals surface area (Å²) in [5.74, 6) is -0.634. The zero-order chi connectivity index (χ0) is 14.3. The first-order valence-electron chi connectivity index (χ1n) is 6.14. The van der Waals surface area contributed by atoms with Crippen molar-refractivity contribution in [3.63, 3.8) is 0 Å². The highest BCUT2D eigenvalue weighted by Crippen LogP contribution is 2.28. The molecule has 4 heteroatoms. The number of benzene rings is 2. The largest absolute Gasteiger partial charge is 0.360 e. The fourth-order valence-electron chi connectivity index (χ4n) is 2.21.